The third-order valence-corrected chi connectivity index (χ3v) is 5.42. The molecule has 2 aromatic heterocycles. The molecule has 7 nitrogen and oxygen atoms in total. The van der Waals surface area contributed by atoms with Crippen LogP contribution >= 0.6 is 0 Å². The molecule has 11 heteroatoms. The van der Waals surface area contributed by atoms with Gasteiger partial charge < -0.3 is 14.2 Å². The first-order chi connectivity index (χ1) is 15.1. The molecule has 0 atom stereocenters. The van der Waals surface area contributed by atoms with Gasteiger partial charge in [0.25, 0.3) is 0 Å². The van der Waals surface area contributed by atoms with Gasteiger partial charge in [-0.1, -0.05) is 6.07 Å². The summed E-state index contributed by atoms with van der Waals surface area (Å²) in [5, 5.41) is 0. The Hall–Kier alpha value is -3.37. The van der Waals surface area contributed by atoms with E-state index in [4.69, 9.17) is 4.42 Å². The van der Waals surface area contributed by atoms with Crippen molar-refractivity contribution in [2.75, 3.05) is 36.0 Å². The Balaban J connectivity index is 1.46. The summed E-state index contributed by atoms with van der Waals surface area (Å²) in [6.07, 6.45) is -4.59. The first kappa shape index (κ1) is 21.8. The number of rotatable bonds is 4. The fraction of sp³-hybridized carbons (Fsp3) is 0.381. The summed E-state index contributed by atoms with van der Waals surface area (Å²) in [6.45, 7) is 5.36. The molecule has 1 aliphatic heterocycles. The molecule has 1 aromatic carbocycles. The highest BCUT2D eigenvalue weighted by molar-refractivity contribution is 5.50. The Morgan fingerprint density at radius 1 is 1.00 bits per heavy atom. The van der Waals surface area contributed by atoms with Crippen LogP contribution in [0.25, 0.3) is 0 Å². The van der Waals surface area contributed by atoms with E-state index in [1.54, 1.807) is 19.9 Å². The van der Waals surface area contributed by atoms with Crippen LogP contribution in [0, 0.1) is 19.7 Å². The van der Waals surface area contributed by atoms with E-state index in [9.17, 15) is 22.4 Å². The van der Waals surface area contributed by atoms with Crippen LogP contribution in [0.3, 0.4) is 0 Å². The van der Waals surface area contributed by atoms with E-state index >= 15 is 0 Å². The van der Waals surface area contributed by atoms with Crippen molar-refractivity contribution >= 4 is 11.6 Å². The van der Waals surface area contributed by atoms with Crippen LogP contribution in [0.15, 0.2) is 39.5 Å². The highest BCUT2D eigenvalue weighted by Crippen LogP contribution is 2.30. The standard InChI is InChI=1S/C21H21F4N5O2/c1-13-3-4-15(11-17(13)22)28-7-9-29(10-8-28)19-26-14(2)30(20(31)27-19)12-16-5-6-18(32-16)21(23,24)25/h3-6,11H,7-10,12H2,1-2H3. The summed E-state index contributed by atoms with van der Waals surface area (Å²) in [7, 11) is 0. The topological polar surface area (TPSA) is 67.4 Å². The minimum absolute atomic E-state index is 0.0159. The molecule has 0 saturated carbocycles. The molecule has 1 saturated heterocycles. The molecule has 0 radical (unpaired) electrons. The number of anilines is 2. The maximum absolute atomic E-state index is 13.9. The maximum Gasteiger partial charge on any atom is 0.449 e. The van der Waals surface area contributed by atoms with Gasteiger partial charge in [0.2, 0.25) is 11.7 Å². The third-order valence-electron chi connectivity index (χ3n) is 5.42. The van der Waals surface area contributed by atoms with E-state index in [1.165, 1.54) is 12.1 Å². The summed E-state index contributed by atoms with van der Waals surface area (Å²) in [5.74, 6) is -0.826. The SMILES string of the molecule is Cc1ccc(N2CCN(c3nc(C)n(Cc4ccc(C(F)(F)F)o4)c(=O)n3)CC2)cc1F. The van der Waals surface area contributed by atoms with Gasteiger partial charge in [0.05, 0.1) is 6.54 Å². The molecule has 0 N–H and O–H groups in total. The normalized spacial score (nSPS) is 14.8. The highest BCUT2D eigenvalue weighted by atomic mass is 19.4. The first-order valence-electron chi connectivity index (χ1n) is 9.99. The van der Waals surface area contributed by atoms with Crippen LogP contribution in [0.5, 0.6) is 0 Å². The van der Waals surface area contributed by atoms with Gasteiger partial charge in [-0.25, -0.2) is 9.18 Å². The van der Waals surface area contributed by atoms with E-state index < -0.39 is 17.6 Å². The molecule has 0 aliphatic carbocycles. The largest absolute Gasteiger partial charge is 0.455 e. The Morgan fingerprint density at radius 2 is 1.69 bits per heavy atom. The lowest BCUT2D eigenvalue weighted by Gasteiger charge is -2.36. The molecule has 0 unspecified atom stereocenters. The summed E-state index contributed by atoms with van der Waals surface area (Å²) in [5.41, 5.74) is 0.749. The number of hydrogen-bond donors (Lipinski definition) is 0. The quantitative estimate of drug-likeness (QED) is 0.567. The van der Waals surface area contributed by atoms with Gasteiger partial charge >= 0.3 is 11.9 Å². The van der Waals surface area contributed by atoms with Crippen LogP contribution in [0.1, 0.15) is 22.9 Å². The summed E-state index contributed by atoms with van der Waals surface area (Å²) in [4.78, 5) is 24.8. The number of hydrogen-bond acceptors (Lipinski definition) is 6. The van der Waals surface area contributed by atoms with E-state index in [0.29, 0.717) is 37.6 Å². The van der Waals surface area contributed by atoms with E-state index in [-0.39, 0.29) is 24.1 Å². The van der Waals surface area contributed by atoms with Crippen molar-refractivity contribution in [1.82, 2.24) is 14.5 Å². The Bertz CT molecular complexity index is 1180. The monoisotopic (exact) mass is 451 g/mol. The molecule has 3 heterocycles. The lowest BCUT2D eigenvalue weighted by atomic mass is 10.2. The first-order valence-corrected chi connectivity index (χ1v) is 9.99. The minimum atomic E-state index is -4.59. The number of halogens is 4. The van der Waals surface area contributed by atoms with E-state index in [1.807, 2.05) is 15.9 Å². The molecule has 170 valence electrons. The molecular formula is C21H21F4N5O2. The average Bonchev–Trinajstić information content (AvgIpc) is 3.22. The Kier molecular flexibility index (Phi) is 5.66. The second-order valence-corrected chi connectivity index (χ2v) is 7.61. The van der Waals surface area contributed by atoms with Crippen molar-refractivity contribution in [1.29, 1.82) is 0 Å². The zero-order valence-electron chi connectivity index (χ0n) is 17.5. The van der Waals surface area contributed by atoms with Crippen LogP contribution < -0.4 is 15.5 Å². The van der Waals surface area contributed by atoms with E-state index in [0.717, 1.165) is 16.3 Å². The summed E-state index contributed by atoms with van der Waals surface area (Å²) >= 11 is 0. The summed E-state index contributed by atoms with van der Waals surface area (Å²) in [6, 6.07) is 7.11. The average molecular weight is 451 g/mol. The molecule has 0 amide bonds. The van der Waals surface area contributed by atoms with Crippen LogP contribution in [-0.2, 0) is 12.7 Å². The number of furan rings is 1. The minimum Gasteiger partial charge on any atom is -0.455 e. The van der Waals surface area contributed by atoms with E-state index in [2.05, 4.69) is 9.97 Å². The zero-order valence-corrected chi connectivity index (χ0v) is 17.5. The van der Waals surface area contributed by atoms with Gasteiger partial charge in [-0.15, -0.1) is 0 Å². The molecule has 3 aromatic rings. The Labute approximate surface area is 180 Å². The molecule has 0 bridgehead atoms. The van der Waals surface area contributed by atoms with Crippen LogP contribution in [0.4, 0.5) is 29.2 Å². The van der Waals surface area contributed by atoms with Gasteiger partial charge in [-0.3, -0.25) is 4.57 Å². The predicted octanol–water partition coefficient (Wildman–Crippen LogP) is 3.38. The van der Waals surface area contributed by atoms with Gasteiger partial charge in [-0.2, -0.15) is 23.1 Å². The van der Waals surface area contributed by atoms with Gasteiger partial charge in [0.1, 0.15) is 17.4 Å². The molecular weight excluding hydrogens is 430 g/mol. The van der Waals surface area contributed by atoms with Crippen molar-refractivity contribution < 1.29 is 22.0 Å². The van der Waals surface area contributed by atoms with Gasteiger partial charge in [0.15, 0.2) is 0 Å². The molecule has 0 spiro atoms. The number of aromatic nitrogens is 3. The highest BCUT2D eigenvalue weighted by Gasteiger charge is 2.34. The van der Waals surface area contributed by atoms with Crippen molar-refractivity contribution in [3.63, 3.8) is 0 Å². The second-order valence-electron chi connectivity index (χ2n) is 7.61. The number of benzene rings is 1. The number of nitrogens with zero attached hydrogens (tertiary/aromatic N) is 5. The van der Waals surface area contributed by atoms with Crippen molar-refractivity contribution in [2.24, 2.45) is 0 Å². The van der Waals surface area contributed by atoms with Crippen LogP contribution in [0.2, 0.25) is 0 Å². The van der Waals surface area contributed by atoms with Crippen molar-refractivity contribution in [3.8, 4) is 0 Å². The predicted molar refractivity (Wildman–Crippen MR) is 109 cm³/mol. The fourth-order valence-electron chi connectivity index (χ4n) is 3.55. The smallest absolute Gasteiger partial charge is 0.449 e. The Morgan fingerprint density at radius 3 is 2.28 bits per heavy atom. The van der Waals surface area contributed by atoms with Crippen molar-refractivity contribution in [2.45, 2.75) is 26.6 Å². The molecule has 1 aliphatic rings. The zero-order chi connectivity index (χ0) is 23.0. The molecule has 1 fully saturated rings. The lowest BCUT2D eigenvalue weighted by molar-refractivity contribution is -0.153. The third kappa shape index (κ3) is 4.46. The van der Waals surface area contributed by atoms with Gasteiger partial charge in [0, 0.05) is 31.9 Å². The fourth-order valence-corrected chi connectivity index (χ4v) is 3.55. The van der Waals surface area contributed by atoms with Gasteiger partial charge in [-0.05, 0) is 43.7 Å². The number of aryl methyl sites for hydroxylation is 2. The maximum atomic E-state index is 13.9. The number of alkyl halides is 3. The second kappa shape index (κ2) is 8.29. The summed E-state index contributed by atoms with van der Waals surface area (Å²) < 4.78 is 58.0. The molecule has 4 rings (SSSR count). The van der Waals surface area contributed by atoms with Crippen molar-refractivity contribution in [3.05, 3.63) is 69.5 Å². The number of piperazine rings is 1. The lowest BCUT2D eigenvalue weighted by Crippen LogP contribution is -2.48. The van der Waals surface area contributed by atoms with Crippen LogP contribution in [-0.4, -0.2) is 40.7 Å². The molecule has 32 heavy (non-hydrogen) atoms.